The molecule has 1 aliphatic heterocycles. The number of nitrogen functional groups attached to an aromatic ring is 1. The lowest BCUT2D eigenvalue weighted by molar-refractivity contribution is -0.192. The third-order valence-electron chi connectivity index (χ3n) is 6.13. The zero-order chi connectivity index (χ0) is 32.4. The summed E-state index contributed by atoms with van der Waals surface area (Å²) in [4.78, 5) is 58.2. The molecule has 16 nitrogen and oxygen atoms in total. The first kappa shape index (κ1) is 34.6. The molecule has 43 heavy (non-hydrogen) atoms. The van der Waals surface area contributed by atoms with E-state index in [1.807, 2.05) is 0 Å². The second kappa shape index (κ2) is 13.4. The van der Waals surface area contributed by atoms with Gasteiger partial charge in [-0.15, -0.1) is 10.2 Å². The number of fused-ring (bicyclic) bond motifs is 1. The standard InChI is InChI=1S/C23H35F3N7O9P/c1-9(2)40-19(36)11(5)31-43(38,32-12(6)20(37)41-10(3)4)39-7-23(21(25)26)15(34)13(24)18(42-23)33-8-28-14-16(33)29-22(27)30-17(14)35/h8-13,15,18,21,31-32,34,38H,7H2,1-6H3,(H2-,27,29,30,35)/p+1/t11-,12-,13+,15-,18+,23+/m0/s1. The Hall–Kier alpha value is -2.93. The molecule has 0 aliphatic carbocycles. The number of carbonyl (C=O) groups is 2. The highest BCUT2D eigenvalue weighted by Gasteiger charge is 2.64. The number of esters is 2. The van der Waals surface area contributed by atoms with Crippen molar-refractivity contribution in [2.24, 2.45) is 0 Å². The van der Waals surface area contributed by atoms with Crippen LogP contribution in [-0.2, 0) is 28.3 Å². The van der Waals surface area contributed by atoms with Gasteiger partial charge in [0.15, 0.2) is 29.2 Å². The van der Waals surface area contributed by atoms with E-state index in [1.165, 1.54) is 13.8 Å². The largest absolute Gasteiger partial charge is 0.462 e. The van der Waals surface area contributed by atoms with Gasteiger partial charge >= 0.3 is 20.0 Å². The number of H-pyrrole nitrogens is 1. The van der Waals surface area contributed by atoms with Crippen molar-refractivity contribution in [2.75, 3.05) is 12.3 Å². The van der Waals surface area contributed by atoms with Crippen LogP contribution >= 0.6 is 8.02 Å². The SMILES string of the molecule is CC(C)OC(=O)[C@H](C)N[P+](O)(N[C@@H](C)C(=O)OC(C)C)OC[C@@]1(C(F)F)O[C@@H](n2cnc3c(=O)[nH]c(N)nc32)[C@H](F)[C@@H]1O. The topological polar surface area (TPSA) is 225 Å². The molecule has 0 unspecified atom stereocenters. The summed E-state index contributed by atoms with van der Waals surface area (Å²) in [5, 5.41) is 15.5. The van der Waals surface area contributed by atoms with Crippen LogP contribution in [0, 0.1) is 0 Å². The summed E-state index contributed by atoms with van der Waals surface area (Å²) in [5.41, 5.74) is 1.04. The van der Waals surface area contributed by atoms with Gasteiger partial charge in [0.25, 0.3) is 12.0 Å². The summed E-state index contributed by atoms with van der Waals surface area (Å²) in [6.07, 6.45) is -10.9. The number of hydrogen-bond donors (Lipinski definition) is 6. The van der Waals surface area contributed by atoms with Crippen LogP contribution in [0.15, 0.2) is 11.1 Å². The Morgan fingerprint density at radius 1 is 1.16 bits per heavy atom. The first-order valence-electron chi connectivity index (χ1n) is 13.1. The summed E-state index contributed by atoms with van der Waals surface area (Å²) in [6.45, 7) is 7.49. The molecule has 242 valence electrons. The quantitative estimate of drug-likeness (QED) is 0.129. The van der Waals surface area contributed by atoms with Crippen LogP contribution in [0.5, 0.6) is 0 Å². The number of carbonyl (C=O) groups excluding carboxylic acids is 2. The van der Waals surface area contributed by atoms with Crippen LogP contribution in [0.3, 0.4) is 0 Å². The van der Waals surface area contributed by atoms with Crippen molar-refractivity contribution in [3.05, 3.63) is 16.7 Å². The van der Waals surface area contributed by atoms with Crippen molar-refractivity contribution in [3.63, 3.8) is 0 Å². The van der Waals surface area contributed by atoms with Crippen LogP contribution in [-0.4, -0.2) is 96.7 Å². The number of halogens is 3. The second-order valence-electron chi connectivity index (χ2n) is 10.5. The molecular formula is C23H36F3N7O9P+. The molecular weight excluding hydrogens is 606 g/mol. The third kappa shape index (κ3) is 7.60. The van der Waals surface area contributed by atoms with Crippen LogP contribution in [0.2, 0.25) is 0 Å². The zero-order valence-electron chi connectivity index (χ0n) is 24.2. The van der Waals surface area contributed by atoms with Crippen LogP contribution in [0.4, 0.5) is 19.1 Å². The van der Waals surface area contributed by atoms with Gasteiger partial charge in [-0.25, -0.2) is 18.2 Å². The lowest BCUT2D eigenvalue weighted by Crippen LogP contribution is -2.53. The lowest BCUT2D eigenvalue weighted by Gasteiger charge is -2.32. The smallest absolute Gasteiger partial charge is 0.430 e. The minimum atomic E-state index is -4.43. The van der Waals surface area contributed by atoms with E-state index < -0.39 is 86.9 Å². The molecule has 2 aromatic heterocycles. The van der Waals surface area contributed by atoms with Gasteiger partial charge in [0.05, 0.1) is 18.5 Å². The van der Waals surface area contributed by atoms with Gasteiger partial charge in [-0.05, 0) is 41.5 Å². The van der Waals surface area contributed by atoms with Gasteiger partial charge in [-0.2, -0.15) is 14.4 Å². The average Bonchev–Trinajstić information content (AvgIpc) is 3.41. The van der Waals surface area contributed by atoms with Crippen molar-refractivity contribution in [2.45, 2.75) is 96.4 Å². The molecule has 0 saturated carbocycles. The molecule has 1 saturated heterocycles. The summed E-state index contributed by atoms with van der Waals surface area (Å²) >= 11 is 0. The number of nitrogens with two attached hydrogens (primary N) is 1. The molecule has 0 spiro atoms. The highest BCUT2D eigenvalue weighted by molar-refractivity contribution is 7.61. The van der Waals surface area contributed by atoms with Gasteiger partial charge in [-0.3, -0.25) is 23.9 Å². The molecule has 0 aromatic carbocycles. The molecule has 7 N–H and O–H groups in total. The van der Waals surface area contributed by atoms with Gasteiger partial charge in [0.1, 0.15) is 24.8 Å². The molecule has 0 radical (unpaired) electrons. The predicted molar refractivity (Wildman–Crippen MR) is 145 cm³/mol. The Bertz CT molecular complexity index is 1330. The highest BCUT2D eigenvalue weighted by Crippen LogP contribution is 2.52. The normalized spacial score (nSPS) is 24.2. The zero-order valence-corrected chi connectivity index (χ0v) is 25.0. The minimum Gasteiger partial charge on any atom is -0.462 e. The van der Waals surface area contributed by atoms with E-state index in [2.05, 4.69) is 25.1 Å². The van der Waals surface area contributed by atoms with Crippen molar-refractivity contribution < 1.29 is 51.5 Å². The predicted octanol–water partition coefficient (Wildman–Crippen LogP) is 0.479. The Balaban J connectivity index is 1.93. The van der Waals surface area contributed by atoms with E-state index in [4.69, 9.17) is 24.5 Å². The van der Waals surface area contributed by atoms with E-state index in [0.717, 1.165) is 10.9 Å². The monoisotopic (exact) mass is 642 g/mol. The molecule has 20 heteroatoms. The summed E-state index contributed by atoms with van der Waals surface area (Å²) in [6, 6.07) is -2.60. The molecule has 1 fully saturated rings. The van der Waals surface area contributed by atoms with E-state index in [0.29, 0.717) is 0 Å². The number of alkyl halides is 3. The molecule has 1 aliphatic rings. The molecule has 0 amide bonds. The van der Waals surface area contributed by atoms with Crippen LogP contribution in [0.25, 0.3) is 11.2 Å². The number of rotatable bonds is 13. The number of aliphatic hydroxyl groups is 1. The maximum absolute atomic E-state index is 15.5. The van der Waals surface area contributed by atoms with E-state index >= 15 is 4.39 Å². The number of nitrogens with one attached hydrogen (secondary N) is 3. The number of aliphatic hydroxyl groups excluding tert-OH is 1. The molecule has 6 atom stereocenters. The molecule has 0 bridgehead atoms. The number of imidazole rings is 1. The Labute approximate surface area is 244 Å². The van der Waals surface area contributed by atoms with Crippen LogP contribution < -0.4 is 21.5 Å². The fourth-order valence-corrected chi connectivity index (χ4v) is 5.97. The average molecular weight is 643 g/mol. The fraction of sp³-hybridized carbons (Fsp3) is 0.696. The number of ether oxygens (including phenoxy) is 3. The van der Waals surface area contributed by atoms with Crippen LogP contribution in [0.1, 0.15) is 47.8 Å². The Morgan fingerprint density at radius 3 is 2.19 bits per heavy atom. The van der Waals surface area contributed by atoms with Crippen molar-refractivity contribution >= 4 is 37.1 Å². The lowest BCUT2D eigenvalue weighted by atomic mass is 9.97. The highest BCUT2D eigenvalue weighted by atomic mass is 31.2. The second-order valence-corrected chi connectivity index (χ2v) is 12.4. The maximum Gasteiger partial charge on any atom is 0.430 e. The summed E-state index contributed by atoms with van der Waals surface area (Å²) in [7, 11) is -4.43. The van der Waals surface area contributed by atoms with E-state index in [-0.39, 0.29) is 17.1 Å². The number of hydrogen-bond acceptors (Lipinski definition) is 14. The van der Waals surface area contributed by atoms with E-state index in [9.17, 15) is 33.2 Å². The minimum absolute atomic E-state index is 0.302. The summed E-state index contributed by atoms with van der Waals surface area (Å²) in [5.74, 6) is -2.08. The van der Waals surface area contributed by atoms with Gasteiger partial charge < -0.3 is 25.1 Å². The van der Waals surface area contributed by atoms with Gasteiger partial charge in [0, 0.05) is 0 Å². The number of anilines is 1. The molecule has 3 heterocycles. The Kier molecular flexibility index (Phi) is 10.7. The first-order chi connectivity index (χ1) is 19.9. The first-order valence-corrected chi connectivity index (χ1v) is 14.8. The van der Waals surface area contributed by atoms with Gasteiger partial charge in [0.2, 0.25) is 5.95 Å². The maximum atomic E-state index is 15.5. The van der Waals surface area contributed by atoms with Crippen molar-refractivity contribution in [3.8, 4) is 0 Å². The summed E-state index contributed by atoms with van der Waals surface area (Å²) < 4.78 is 66.5. The number of nitrogens with zero attached hydrogens (tertiary/aromatic N) is 3. The fourth-order valence-electron chi connectivity index (χ4n) is 4.09. The van der Waals surface area contributed by atoms with Crippen molar-refractivity contribution in [1.29, 1.82) is 0 Å². The third-order valence-corrected chi connectivity index (χ3v) is 8.11. The molecule has 3 rings (SSSR count). The van der Waals surface area contributed by atoms with Gasteiger partial charge in [-0.1, -0.05) is 0 Å². The Morgan fingerprint density at radius 2 is 1.70 bits per heavy atom. The van der Waals surface area contributed by atoms with E-state index in [1.54, 1.807) is 27.7 Å². The molecule has 2 aromatic rings. The van der Waals surface area contributed by atoms with Crippen molar-refractivity contribution in [1.82, 2.24) is 29.7 Å². The number of aromatic nitrogens is 4. The number of aromatic amines is 1.